The molecule has 1 aliphatic rings. The standard InChI is InChI=1S/C17H24N6S.HI/c1-3-15-20-17(24-21-15)23-11-9-22(10-12-23)16(18-2)19-13-14-7-5-4-6-8-14;/h4-8H,3,9-13H2,1-2H3,(H,18,19);1H. The van der Waals surface area contributed by atoms with Crippen molar-refractivity contribution in [2.45, 2.75) is 19.9 Å². The first-order valence-corrected chi connectivity index (χ1v) is 9.14. The molecule has 0 unspecified atom stereocenters. The van der Waals surface area contributed by atoms with E-state index in [-0.39, 0.29) is 24.0 Å². The highest BCUT2D eigenvalue weighted by atomic mass is 127. The minimum absolute atomic E-state index is 0. The average molecular weight is 472 g/mol. The molecule has 1 aliphatic heterocycles. The largest absolute Gasteiger partial charge is 0.352 e. The van der Waals surface area contributed by atoms with Crippen molar-refractivity contribution in [2.75, 3.05) is 38.1 Å². The number of aryl methyl sites for hydroxylation is 1. The van der Waals surface area contributed by atoms with Crippen molar-refractivity contribution in [2.24, 2.45) is 4.99 Å². The maximum atomic E-state index is 4.59. The van der Waals surface area contributed by atoms with Crippen molar-refractivity contribution in [3.63, 3.8) is 0 Å². The van der Waals surface area contributed by atoms with Crippen LogP contribution < -0.4 is 10.2 Å². The second-order valence-electron chi connectivity index (χ2n) is 5.71. The third-order valence-electron chi connectivity index (χ3n) is 4.13. The van der Waals surface area contributed by atoms with E-state index in [4.69, 9.17) is 0 Å². The van der Waals surface area contributed by atoms with Crippen LogP contribution in [0.4, 0.5) is 5.13 Å². The van der Waals surface area contributed by atoms with Crippen molar-refractivity contribution in [1.29, 1.82) is 0 Å². The van der Waals surface area contributed by atoms with Gasteiger partial charge in [-0.15, -0.1) is 24.0 Å². The van der Waals surface area contributed by atoms with Gasteiger partial charge >= 0.3 is 0 Å². The SMILES string of the molecule is CCc1nsc(N2CCN(C(=NC)NCc3ccccc3)CC2)n1.I. The molecule has 2 aromatic rings. The number of nitrogens with one attached hydrogen (secondary N) is 1. The van der Waals surface area contributed by atoms with Crippen molar-refractivity contribution < 1.29 is 0 Å². The highest BCUT2D eigenvalue weighted by Crippen LogP contribution is 2.19. The van der Waals surface area contributed by atoms with E-state index >= 15 is 0 Å². The smallest absolute Gasteiger partial charge is 0.205 e. The van der Waals surface area contributed by atoms with Gasteiger partial charge in [0, 0.05) is 57.7 Å². The number of benzene rings is 1. The molecule has 2 heterocycles. The zero-order valence-electron chi connectivity index (χ0n) is 14.7. The third-order valence-corrected chi connectivity index (χ3v) is 4.94. The molecule has 25 heavy (non-hydrogen) atoms. The number of piperazine rings is 1. The molecule has 136 valence electrons. The fourth-order valence-corrected chi connectivity index (χ4v) is 3.54. The van der Waals surface area contributed by atoms with Gasteiger partial charge in [-0.2, -0.15) is 4.37 Å². The molecule has 1 aromatic carbocycles. The van der Waals surface area contributed by atoms with E-state index in [0.29, 0.717) is 0 Å². The van der Waals surface area contributed by atoms with Crippen LogP contribution in [0.5, 0.6) is 0 Å². The quantitative estimate of drug-likeness (QED) is 0.421. The van der Waals surface area contributed by atoms with E-state index in [0.717, 1.165) is 56.1 Å². The summed E-state index contributed by atoms with van der Waals surface area (Å²) in [6.07, 6.45) is 0.895. The second kappa shape index (κ2) is 9.91. The van der Waals surface area contributed by atoms with Gasteiger partial charge in [0.1, 0.15) is 5.82 Å². The number of guanidine groups is 1. The zero-order valence-corrected chi connectivity index (χ0v) is 17.8. The first kappa shape index (κ1) is 19.9. The summed E-state index contributed by atoms with van der Waals surface area (Å²) in [6, 6.07) is 10.4. The molecule has 0 radical (unpaired) electrons. The van der Waals surface area contributed by atoms with Crippen LogP contribution in [-0.2, 0) is 13.0 Å². The van der Waals surface area contributed by atoms with Gasteiger partial charge in [0.15, 0.2) is 5.96 Å². The van der Waals surface area contributed by atoms with Gasteiger partial charge in [0.25, 0.3) is 0 Å². The second-order valence-corrected chi connectivity index (χ2v) is 6.44. The van der Waals surface area contributed by atoms with Gasteiger partial charge in [-0.05, 0) is 5.56 Å². The summed E-state index contributed by atoms with van der Waals surface area (Å²) in [6.45, 7) is 6.66. The van der Waals surface area contributed by atoms with Gasteiger partial charge in [-0.1, -0.05) is 37.3 Å². The maximum Gasteiger partial charge on any atom is 0.205 e. The minimum atomic E-state index is 0. The van der Waals surface area contributed by atoms with Crippen LogP contribution in [0.2, 0.25) is 0 Å². The Morgan fingerprint density at radius 2 is 1.92 bits per heavy atom. The predicted molar refractivity (Wildman–Crippen MR) is 115 cm³/mol. The third kappa shape index (κ3) is 5.27. The molecule has 6 nitrogen and oxygen atoms in total. The van der Waals surface area contributed by atoms with Crippen LogP contribution in [0.15, 0.2) is 35.3 Å². The van der Waals surface area contributed by atoms with Gasteiger partial charge in [-0.25, -0.2) is 4.98 Å². The van der Waals surface area contributed by atoms with Gasteiger partial charge in [0.05, 0.1) is 0 Å². The highest BCUT2D eigenvalue weighted by molar-refractivity contribution is 14.0. The summed E-state index contributed by atoms with van der Waals surface area (Å²) in [5.41, 5.74) is 1.26. The average Bonchev–Trinajstić information content (AvgIpc) is 3.13. The van der Waals surface area contributed by atoms with E-state index in [2.05, 4.69) is 60.7 Å². The van der Waals surface area contributed by atoms with Crippen LogP contribution in [0, 0.1) is 0 Å². The molecular weight excluding hydrogens is 447 g/mol. The van der Waals surface area contributed by atoms with E-state index in [1.54, 1.807) is 0 Å². The van der Waals surface area contributed by atoms with Crippen LogP contribution in [-0.4, -0.2) is 53.4 Å². The van der Waals surface area contributed by atoms with Gasteiger partial charge < -0.3 is 15.1 Å². The fraction of sp³-hybridized carbons (Fsp3) is 0.471. The first-order valence-electron chi connectivity index (χ1n) is 8.37. The molecule has 0 atom stereocenters. The lowest BCUT2D eigenvalue weighted by Gasteiger charge is -2.36. The molecule has 1 N–H and O–H groups in total. The molecular formula is C17H25IN6S. The Bertz CT molecular complexity index is 667. The fourth-order valence-electron chi connectivity index (χ4n) is 2.74. The van der Waals surface area contributed by atoms with Crippen molar-refractivity contribution in [3.8, 4) is 0 Å². The molecule has 0 aliphatic carbocycles. The van der Waals surface area contributed by atoms with Crippen LogP contribution in [0.3, 0.4) is 0 Å². The minimum Gasteiger partial charge on any atom is -0.352 e. The number of aliphatic imine (C=N–C) groups is 1. The number of hydrogen-bond donors (Lipinski definition) is 1. The Morgan fingerprint density at radius 1 is 1.20 bits per heavy atom. The van der Waals surface area contributed by atoms with E-state index in [1.165, 1.54) is 17.1 Å². The Labute approximate surface area is 170 Å². The number of anilines is 1. The maximum absolute atomic E-state index is 4.59. The number of nitrogens with zero attached hydrogens (tertiary/aromatic N) is 5. The van der Waals surface area contributed by atoms with Crippen molar-refractivity contribution in [3.05, 3.63) is 41.7 Å². The molecule has 0 bridgehead atoms. The van der Waals surface area contributed by atoms with Crippen LogP contribution >= 0.6 is 35.5 Å². The lowest BCUT2D eigenvalue weighted by atomic mass is 10.2. The van der Waals surface area contributed by atoms with E-state index in [9.17, 15) is 0 Å². The summed E-state index contributed by atoms with van der Waals surface area (Å²) in [7, 11) is 1.85. The molecule has 1 saturated heterocycles. The number of rotatable bonds is 4. The lowest BCUT2D eigenvalue weighted by Crippen LogP contribution is -2.52. The Hall–Kier alpha value is -1.42. The summed E-state index contributed by atoms with van der Waals surface area (Å²) in [5.74, 6) is 1.91. The number of halogens is 1. The number of aromatic nitrogens is 2. The first-order chi connectivity index (χ1) is 11.8. The molecule has 0 saturated carbocycles. The van der Waals surface area contributed by atoms with E-state index < -0.39 is 0 Å². The molecule has 1 fully saturated rings. The van der Waals surface area contributed by atoms with Gasteiger partial charge in [0.2, 0.25) is 5.13 Å². The Morgan fingerprint density at radius 3 is 2.52 bits per heavy atom. The zero-order chi connectivity index (χ0) is 16.8. The highest BCUT2D eigenvalue weighted by Gasteiger charge is 2.21. The summed E-state index contributed by atoms with van der Waals surface area (Å²) < 4.78 is 4.38. The summed E-state index contributed by atoms with van der Waals surface area (Å²) >= 11 is 1.50. The topological polar surface area (TPSA) is 56.7 Å². The van der Waals surface area contributed by atoms with Crippen LogP contribution in [0.25, 0.3) is 0 Å². The molecule has 3 rings (SSSR count). The monoisotopic (exact) mass is 472 g/mol. The Kier molecular flexibility index (Phi) is 7.89. The molecule has 0 amide bonds. The van der Waals surface area contributed by atoms with Gasteiger partial charge in [-0.3, -0.25) is 4.99 Å². The molecule has 8 heteroatoms. The summed E-state index contributed by atoms with van der Waals surface area (Å²) in [4.78, 5) is 13.6. The molecule has 0 spiro atoms. The van der Waals surface area contributed by atoms with Crippen molar-refractivity contribution >= 4 is 46.6 Å². The summed E-state index contributed by atoms with van der Waals surface area (Å²) in [5, 5.41) is 4.50. The van der Waals surface area contributed by atoms with Crippen LogP contribution in [0.1, 0.15) is 18.3 Å². The Balaban J connectivity index is 0.00000225. The molecule has 1 aromatic heterocycles. The normalized spacial score (nSPS) is 15.0. The van der Waals surface area contributed by atoms with Crippen molar-refractivity contribution in [1.82, 2.24) is 19.6 Å². The predicted octanol–water partition coefficient (Wildman–Crippen LogP) is 2.62. The number of hydrogen-bond acceptors (Lipinski definition) is 5. The lowest BCUT2D eigenvalue weighted by molar-refractivity contribution is 0.372. The van der Waals surface area contributed by atoms with E-state index in [1.807, 2.05) is 13.1 Å².